The molecule has 0 fully saturated rings. The molecule has 0 heterocycles. The van der Waals surface area contributed by atoms with Crippen molar-refractivity contribution in [3.8, 4) is 29.1 Å². The molecule has 6 nitrogen and oxygen atoms in total. The fourth-order valence-electron chi connectivity index (χ4n) is 4.71. The monoisotopic (exact) mass is 438 g/mol. The van der Waals surface area contributed by atoms with Gasteiger partial charge in [0, 0.05) is 12.1 Å². The Bertz CT molecular complexity index is 969. The third-order valence-corrected chi connectivity index (χ3v) is 6.55. The zero-order valence-corrected chi connectivity index (χ0v) is 19.9. The second-order valence-electron chi connectivity index (χ2n) is 8.37. The van der Waals surface area contributed by atoms with Crippen LogP contribution in [0, 0.1) is 11.3 Å². The zero-order valence-electron chi connectivity index (χ0n) is 19.9. The molecule has 3 rings (SSSR count). The molecule has 0 radical (unpaired) electrons. The topological polar surface area (TPSA) is 64.0 Å². The van der Waals surface area contributed by atoms with Gasteiger partial charge in [0.25, 0.3) is 0 Å². The first-order valence-corrected chi connectivity index (χ1v) is 11.1. The van der Waals surface area contributed by atoms with E-state index < -0.39 is 5.41 Å². The highest BCUT2D eigenvalue weighted by Crippen LogP contribution is 2.48. The van der Waals surface area contributed by atoms with E-state index in [1.807, 2.05) is 24.3 Å². The van der Waals surface area contributed by atoms with Gasteiger partial charge in [-0.15, -0.1) is 0 Å². The summed E-state index contributed by atoms with van der Waals surface area (Å²) in [5, 5.41) is 10.1. The molecule has 32 heavy (non-hydrogen) atoms. The third-order valence-electron chi connectivity index (χ3n) is 6.55. The van der Waals surface area contributed by atoms with Crippen molar-refractivity contribution in [3.05, 3.63) is 47.0 Å². The maximum absolute atomic E-state index is 10.1. The molecule has 1 aliphatic rings. The third kappa shape index (κ3) is 4.78. The average Bonchev–Trinajstić information content (AvgIpc) is 3.20. The lowest BCUT2D eigenvalue weighted by Crippen LogP contribution is -2.26. The number of hydrogen-bond acceptors (Lipinski definition) is 6. The van der Waals surface area contributed by atoms with Gasteiger partial charge in [0.1, 0.15) is 0 Å². The van der Waals surface area contributed by atoms with Gasteiger partial charge in [-0.25, -0.2) is 0 Å². The summed E-state index contributed by atoms with van der Waals surface area (Å²) >= 11 is 0. The molecule has 0 aromatic heterocycles. The first kappa shape index (κ1) is 23.7. The molecule has 1 atom stereocenters. The molecular weight excluding hydrogens is 404 g/mol. The van der Waals surface area contributed by atoms with Crippen LogP contribution in [0.2, 0.25) is 0 Å². The second kappa shape index (κ2) is 10.6. The summed E-state index contributed by atoms with van der Waals surface area (Å²) in [5.41, 5.74) is 2.99. The molecule has 2 aromatic carbocycles. The molecule has 0 aliphatic heterocycles. The Morgan fingerprint density at radius 2 is 1.66 bits per heavy atom. The SMILES string of the molecule is COc1ccc(CCN(C)CCC[C@]2(C#N)CCc3c2ccc(OC)c3OC)cc1OC. The average molecular weight is 439 g/mol. The number of nitrogens with zero attached hydrogens (tertiary/aromatic N) is 2. The Kier molecular flexibility index (Phi) is 7.87. The normalized spacial score (nSPS) is 17.0. The van der Waals surface area contributed by atoms with E-state index in [-0.39, 0.29) is 0 Å². The predicted octanol–water partition coefficient (Wildman–Crippen LogP) is 4.38. The van der Waals surface area contributed by atoms with Gasteiger partial charge < -0.3 is 23.8 Å². The van der Waals surface area contributed by atoms with E-state index in [0.29, 0.717) is 0 Å². The molecule has 172 valence electrons. The highest BCUT2D eigenvalue weighted by molar-refractivity contribution is 5.57. The fourth-order valence-corrected chi connectivity index (χ4v) is 4.71. The van der Waals surface area contributed by atoms with Crippen LogP contribution in [0.3, 0.4) is 0 Å². The van der Waals surface area contributed by atoms with Gasteiger partial charge in [-0.05, 0) is 75.0 Å². The Labute approximate surface area is 191 Å². The van der Waals surface area contributed by atoms with Crippen LogP contribution in [-0.2, 0) is 18.3 Å². The van der Waals surface area contributed by atoms with Crippen LogP contribution in [0.15, 0.2) is 30.3 Å². The fraction of sp³-hybridized carbons (Fsp3) is 0.500. The Morgan fingerprint density at radius 1 is 0.938 bits per heavy atom. The van der Waals surface area contributed by atoms with Crippen molar-refractivity contribution in [1.29, 1.82) is 5.26 Å². The van der Waals surface area contributed by atoms with E-state index in [4.69, 9.17) is 18.9 Å². The maximum atomic E-state index is 10.1. The number of hydrogen-bond donors (Lipinski definition) is 0. The molecule has 0 spiro atoms. The van der Waals surface area contributed by atoms with Crippen molar-refractivity contribution in [3.63, 3.8) is 0 Å². The minimum absolute atomic E-state index is 0.445. The molecular formula is C26H34N2O4. The van der Waals surface area contributed by atoms with E-state index in [1.165, 1.54) is 5.56 Å². The molecule has 0 N–H and O–H groups in total. The first-order chi connectivity index (χ1) is 15.5. The van der Waals surface area contributed by atoms with Crippen LogP contribution in [0.5, 0.6) is 23.0 Å². The lowest BCUT2D eigenvalue weighted by molar-refractivity contribution is 0.315. The van der Waals surface area contributed by atoms with Gasteiger partial charge in [-0.3, -0.25) is 0 Å². The lowest BCUT2D eigenvalue weighted by atomic mass is 9.79. The summed E-state index contributed by atoms with van der Waals surface area (Å²) in [6.45, 7) is 1.88. The Hall–Kier alpha value is -2.91. The van der Waals surface area contributed by atoms with Crippen molar-refractivity contribution in [2.75, 3.05) is 48.6 Å². The lowest BCUT2D eigenvalue weighted by Gasteiger charge is -2.25. The van der Waals surface area contributed by atoms with E-state index in [2.05, 4.69) is 24.1 Å². The van der Waals surface area contributed by atoms with Gasteiger partial charge >= 0.3 is 0 Å². The van der Waals surface area contributed by atoms with Crippen molar-refractivity contribution < 1.29 is 18.9 Å². The second-order valence-corrected chi connectivity index (χ2v) is 8.37. The van der Waals surface area contributed by atoms with Crippen molar-refractivity contribution in [2.45, 2.75) is 37.5 Å². The molecule has 2 aromatic rings. The number of nitriles is 1. The molecule has 0 saturated carbocycles. The number of likely N-dealkylation sites (N-methyl/N-ethyl adjacent to an activating group) is 1. The largest absolute Gasteiger partial charge is 0.493 e. The summed E-state index contributed by atoms with van der Waals surface area (Å²) in [7, 11) is 8.75. The highest BCUT2D eigenvalue weighted by atomic mass is 16.5. The zero-order chi connectivity index (χ0) is 23.1. The molecule has 0 amide bonds. The predicted molar refractivity (Wildman–Crippen MR) is 125 cm³/mol. The molecule has 6 heteroatoms. The van der Waals surface area contributed by atoms with Crippen molar-refractivity contribution >= 4 is 0 Å². The minimum atomic E-state index is -0.445. The quantitative estimate of drug-likeness (QED) is 0.519. The van der Waals surface area contributed by atoms with E-state index in [1.54, 1.807) is 28.4 Å². The summed E-state index contributed by atoms with van der Waals surface area (Å²) in [6, 6.07) is 12.7. The Morgan fingerprint density at radius 3 is 2.31 bits per heavy atom. The number of benzene rings is 2. The van der Waals surface area contributed by atoms with Crippen molar-refractivity contribution in [2.24, 2.45) is 0 Å². The van der Waals surface area contributed by atoms with Crippen LogP contribution in [-0.4, -0.2) is 53.5 Å². The van der Waals surface area contributed by atoms with Crippen LogP contribution in [0.25, 0.3) is 0 Å². The summed E-state index contributed by atoms with van der Waals surface area (Å²) in [5.74, 6) is 3.01. The van der Waals surface area contributed by atoms with Crippen LogP contribution in [0.4, 0.5) is 0 Å². The van der Waals surface area contributed by atoms with Crippen LogP contribution in [0.1, 0.15) is 36.0 Å². The van der Waals surface area contributed by atoms with Crippen LogP contribution >= 0.6 is 0 Å². The van der Waals surface area contributed by atoms with E-state index in [9.17, 15) is 5.26 Å². The Balaban J connectivity index is 1.58. The smallest absolute Gasteiger partial charge is 0.164 e. The van der Waals surface area contributed by atoms with Gasteiger partial charge in [0.2, 0.25) is 0 Å². The molecule has 0 bridgehead atoms. The van der Waals surface area contributed by atoms with Gasteiger partial charge in [0.15, 0.2) is 23.0 Å². The van der Waals surface area contributed by atoms with Gasteiger partial charge in [-0.2, -0.15) is 5.26 Å². The number of rotatable bonds is 11. The number of ether oxygens (including phenoxy) is 4. The van der Waals surface area contributed by atoms with E-state index in [0.717, 1.165) is 79.3 Å². The highest BCUT2D eigenvalue weighted by Gasteiger charge is 2.40. The van der Waals surface area contributed by atoms with Gasteiger partial charge in [-0.1, -0.05) is 12.1 Å². The summed E-state index contributed by atoms with van der Waals surface area (Å²) < 4.78 is 21.8. The molecule has 0 saturated heterocycles. The van der Waals surface area contributed by atoms with Crippen LogP contribution < -0.4 is 18.9 Å². The molecule has 1 aliphatic carbocycles. The van der Waals surface area contributed by atoms with Gasteiger partial charge in [0.05, 0.1) is 39.9 Å². The summed E-state index contributed by atoms with van der Waals surface area (Å²) in [4.78, 5) is 2.33. The molecule has 0 unspecified atom stereocenters. The maximum Gasteiger partial charge on any atom is 0.164 e. The van der Waals surface area contributed by atoms with Crippen molar-refractivity contribution in [1.82, 2.24) is 4.90 Å². The first-order valence-electron chi connectivity index (χ1n) is 11.1. The minimum Gasteiger partial charge on any atom is -0.493 e. The van der Waals surface area contributed by atoms with E-state index >= 15 is 0 Å². The standard InChI is InChI=1S/C26H34N2O4/c1-28(16-12-19-7-9-22(29-2)24(17-19)31-4)15-6-13-26(18-27)14-11-20-21(26)8-10-23(30-3)25(20)32-5/h7-10,17H,6,11-16H2,1-5H3/t26-/m1/s1. The summed E-state index contributed by atoms with van der Waals surface area (Å²) in [6.07, 6.45) is 4.41. The number of methoxy groups -OCH3 is 4. The number of fused-ring (bicyclic) bond motifs is 1.